The van der Waals surface area contributed by atoms with Gasteiger partial charge < -0.3 is 0 Å². The minimum Gasteiger partial charge on any atom is -0.265 e. The summed E-state index contributed by atoms with van der Waals surface area (Å²) >= 11 is 1.17. The number of rotatable bonds is 5. The second kappa shape index (κ2) is 5.87. The number of para-hydroxylation sites is 1. The molecule has 0 radical (unpaired) electrons. The molecule has 0 spiro atoms. The number of anilines is 1. The van der Waals surface area contributed by atoms with E-state index < -0.39 is 10.0 Å². The molecule has 0 saturated heterocycles. The first-order valence-corrected chi connectivity index (χ1v) is 7.96. The van der Waals surface area contributed by atoms with E-state index in [1.807, 2.05) is 12.1 Å². The van der Waals surface area contributed by atoms with Crippen molar-refractivity contribution >= 4 is 27.0 Å². The highest BCUT2D eigenvalue weighted by molar-refractivity contribution is 7.94. The maximum absolute atomic E-state index is 12.5. The Kier molecular flexibility index (Phi) is 4.20. The van der Waals surface area contributed by atoms with E-state index in [0.717, 1.165) is 0 Å². The van der Waals surface area contributed by atoms with E-state index in [9.17, 15) is 8.42 Å². The van der Waals surface area contributed by atoms with Crippen LogP contribution in [0.25, 0.3) is 0 Å². The van der Waals surface area contributed by atoms with Gasteiger partial charge in [-0.15, -0.1) is 11.3 Å². The van der Waals surface area contributed by atoms with Crippen molar-refractivity contribution < 1.29 is 8.42 Å². The molecule has 0 aliphatic carbocycles. The molecule has 4 nitrogen and oxygen atoms in total. The Bertz CT molecular complexity index is 658. The van der Waals surface area contributed by atoms with Gasteiger partial charge >= 0.3 is 0 Å². The maximum atomic E-state index is 12.5. The van der Waals surface area contributed by atoms with E-state index in [2.05, 4.69) is 0 Å². The average Bonchev–Trinajstić information content (AvgIpc) is 2.95. The van der Waals surface area contributed by atoms with Crippen molar-refractivity contribution in [2.45, 2.75) is 10.6 Å². The van der Waals surface area contributed by atoms with Gasteiger partial charge in [-0.2, -0.15) is 5.26 Å². The van der Waals surface area contributed by atoms with E-state index in [1.54, 1.807) is 41.8 Å². The minimum absolute atomic E-state index is 0.152. The lowest BCUT2D eigenvalue weighted by Gasteiger charge is -2.22. The molecule has 0 unspecified atom stereocenters. The third kappa shape index (κ3) is 2.95. The fourth-order valence-corrected chi connectivity index (χ4v) is 4.22. The van der Waals surface area contributed by atoms with Gasteiger partial charge in [0.2, 0.25) is 0 Å². The van der Waals surface area contributed by atoms with Gasteiger partial charge in [-0.05, 0) is 23.6 Å². The summed E-state index contributed by atoms with van der Waals surface area (Å²) in [5.74, 6) is 0. The van der Waals surface area contributed by atoms with Gasteiger partial charge in [-0.3, -0.25) is 4.31 Å². The topological polar surface area (TPSA) is 61.2 Å². The lowest BCUT2D eigenvalue weighted by Crippen LogP contribution is -2.31. The van der Waals surface area contributed by atoms with Crippen LogP contribution >= 0.6 is 11.3 Å². The molecule has 1 heterocycles. The summed E-state index contributed by atoms with van der Waals surface area (Å²) in [5, 5.41) is 10.4. The molecule has 0 N–H and O–H groups in total. The standard InChI is InChI=1S/C13H12N2O2S2/c14-9-5-10-15(12-6-2-1-3-7-12)19(16,17)13-8-4-11-18-13/h1-4,6-8,11H,5,10H2. The van der Waals surface area contributed by atoms with Gasteiger partial charge in [0.15, 0.2) is 0 Å². The fraction of sp³-hybridized carbons (Fsp3) is 0.154. The lowest BCUT2D eigenvalue weighted by atomic mass is 10.3. The third-order valence-electron chi connectivity index (χ3n) is 2.51. The molecule has 1 aromatic heterocycles. The SMILES string of the molecule is N#CCCN(c1ccccc1)S(=O)(=O)c1cccs1. The molecule has 0 fully saturated rings. The summed E-state index contributed by atoms with van der Waals surface area (Å²) in [6.07, 6.45) is 0.152. The monoisotopic (exact) mass is 292 g/mol. The number of sulfonamides is 1. The molecule has 0 aliphatic heterocycles. The summed E-state index contributed by atoms with van der Waals surface area (Å²) in [7, 11) is -3.58. The Morgan fingerprint density at radius 1 is 1.16 bits per heavy atom. The van der Waals surface area contributed by atoms with E-state index in [4.69, 9.17) is 5.26 Å². The number of nitrogens with zero attached hydrogens (tertiary/aromatic N) is 2. The van der Waals surface area contributed by atoms with Crippen LogP contribution in [-0.2, 0) is 10.0 Å². The van der Waals surface area contributed by atoms with Crippen LogP contribution < -0.4 is 4.31 Å². The largest absolute Gasteiger partial charge is 0.273 e. The van der Waals surface area contributed by atoms with Crippen LogP contribution in [0.4, 0.5) is 5.69 Å². The molecule has 0 saturated carbocycles. The number of hydrogen-bond donors (Lipinski definition) is 0. The summed E-state index contributed by atoms with van der Waals surface area (Å²) in [4.78, 5) is 0. The predicted molar refractivity (Wildman–Crippen MR) is 75.5 cm³/mol. The van der Waals surface area contributed by atoms with Crippen molar-refractivity contribution in [1.82, 2.24) is 0 Å². The highest BCUT2D eigenvalue weighted by Gasteiger charge is 2.25. The van der Waals surface area contributed by atoms with Crippen LogP contribution in [0.5, 0.6) is 0 Å². The van der Waals surface area contributed by atoms with Crippen LogP contribution in [0.2, 0.25) is 0 Å². The minimum atomic E-state index is -3.58. The predicted octanol–water partition coefficient (Wildman–Crippen LogP) is 2.86. The van der Waals surface area contributed by atoms with Crippen molar-refractivity contribution in [2.24, 2.45) is 0 Å². The lowest BCUT2D eigenvalue weighted by molar-refractivity contribution is 0.593. The molecular weight excluding hydrogens is 280 g/mol. The van der Waals surface area contributed by atoms with Crippen LogP contribution in [0, 0.1) is 11.3 Å². The first-order valence-electron chi connectivity index (χ1n) is 5.64. The Morgan fingerprint density at radius 3 is 2.47 bits per heavy atom. The zero-order valence-corrected chi connectivity index (χ0v) is 11.7. The molecular formula is C13H12N2O2S2. The van der Waals surface area contributed by atoms with Gasteiger partial charge in [0, 0.05) is 6.54 Å². The number of hydrogen-bond acceptors (Lipinski definition) is 4. The Balaban J connectivity index is 2.42. The zero-order valence-electron chi connectivity index (χ0n) is 10.1. The van der Waals surface area contributed by atoms with Gasteiger partial charge in [0.05, 0.1) is 18.2 Å². The third-order valence-corrected chi connectivity index (χ3v) is 5.71. The quantitative estimate of drug-likeness (QED) is 0.851. The van der Waals surface area contributed by atoms with Gasteiger partial charge in [-0.1, -0.05) is 24.3 Å². The molecule has 6 heteroatoms. The van der Waals surface area contributed by atoms with Crippen molar-refractivity contribution in [3.8, 4) is 6.07 Å². The van der Waals surface area contributed by atoms with Crippen LogP contribution in [0.3, 0.4) is 0 Å². The molecule has 0 aliphatic rings. The highest BCUT2D eigenvalue weighted by atomic mass is 32.2. The molecule has 2 rings (SSSR count). The number of nitriles is 1. The van der Waals surface area contributed by atoms with Crippen molar-refractivity contribution in [3.05, 3.63) is 47.8 Å². The number of thiophene rings is 1. The molecule has 0 bridgehead atoms. The van der Waals surface area contributed by atoms with Gasteiger partial charge in [0.1, 0.15) is 4.21 Å². The molecule has 98 valence electrons. The average molecular weight is 292 g/mol. The second-order valence-electron chi connectivity index (χ2n) is 3.75. The first-order chi connectivity index (χ1) is 9.16. The molecule has 0 atom stereocenters. The summed E-state index contributed by atoms with van der Waals surface area (Å²) in [6, 6.07) is 14.1. The molecule has 0 amide bonds. The Hall–Kier alpha value is -1.84. The summed E-state index contributed by atoms with van der Waals surface area (Å²) in [5.41, 5.74) is 0.575. The smallest absolute Gasteiger partial charge is 0.265 e. The van der Waals surface area contributed by atoms with Gasteiger partial charge in [0.25, 0.3) is 10.0 Å². The summed E-state index contributed by atoms with van der Waals surface area (Å²) < 4.78 is 26.6. The maximum Gasteiger partial charge on any atom is 0.273 e. The van der Waals surface area contributed by atoms with Gasteiger partial charge in [-0.25, -0.2) is 8.42 Å². The second-order valence-corrected chi connectivity index (χ2v) is 6.79. The van der Waals surface area contributed by atoms with E-state index >= 15 is 0 Å². The van der Waals surface area contributed by atoms with E-state index in [1.165, 1.54) is 15.6 Å². The van der Waals surface area contributed by atoms with Crippen LogP contribution in [0.1, 0.15) is 6.42 Å². The van der Waals surface area contributed by atoms with Crippen molar-refractivity contribution in [3.63, 3.8) is 0 Å². The first kappa shape index (κ1) is 13.6. The Morgan fingerprint density at radius 2 is 1.89 bits per heavy atom. The van der Waals surface area contributed by atoms with Crippen molar-refractivity contribution in [2.75, 3.05) is 10.8 Å². The van der Waals surface area contributed by atoms with Crippen LogP contribution in [0.15, 0.2) is 52.1 Å². The molecule has 19 heavy (non-hydrogen) atoms. The normalized spacial score (nSPS) is 10.9. The highest BCUT2D eigenvalue weighted by Crippen LogP contribution is 2.26. The van der Waals surface area contributed by atoms with E-state index in [0.29, 0.717) is 5.69 Å². The zero-order chi connectivity index (χ0) is 13.7. The van der Waals surface area contributed by atoms with Crippen molar-refractivity contribution in [1.29, 1.82) is 5.26 Å². The van der Waals surface area contributed by atoms with E-state index in [-0.39, 0.29) is 17.2 Å². The fourth-order valence-electron chi connectivity index (χ4n) is 1.65. The Labute approximate surface area is 116 Å². The molecule has 2 aromatic rings. The number of benzene rings is 1. The molecule has 1 aromatic carbocycles. The summed E-state index contributed by atoms with van der Waals surface area (Å²) in [6.45, 7) is 0.154. The van der Waals surface area contributed by atoms with Crippen LogP contribution in [-0.4, -0.2) is 15.0 Å².